The van der Waals surface area contributed by atoms with Gasteiger partial charge in [-0.2, -0.15) is 17.9 Å². The number of benzene rings is 1. The van der Waals surface area contributed by atoms with Gasteiger partial charge in [0.05, 0.1) is 11.3 Å². The lowest BCUT2D eigenvalue weighted by molar-refractivity contribution is -0.137. The van der Waals surface area contributed by atoms with E-state index in [9.17, 15) is 27.6 Å². The zero-order chi connectivity index (χ0) is 19.8. The molecule has 1 aromatic heterocycles. The smallest absolute Gasteiger partial charge is 0.352 e. The number of rotatable bonds is 2. The number of hydrogen-bond acceptors (Lipinski definition) is 5. The van der Waals surface area contributed by atoms with Crippen LogP contribution in [-0.4, -0.2) is 55.8 Å². The van der Waals surface area contributed by atoms with Gasteiger partial charge in [-0.25, -0.2) is 9.59 Å². The van der Waals surface area contributed by atoms with Crippen LogP contribution in [0.1, 0.15) is 18.9 Å². The molecule has 0 aliphatic carbocycles. The quantitative estimate of drug-likeness (QED) is 0.765. The average Bonchev–Trinajstić information content (AvgIpc) is 3.20. The molecular weight excluding hydrogens is 369 g/mol. The second-order valence-corrected chi connectivity index (χ2v) is 6.05. The van der Waals surface area contributed by atoms with Gasteiger partial charge in [-0.05, 0) is 35.0 Å². The fourth-order valence-electron chi connectivity index (χ4n) is 2.82. The highest BCUT2D eigenvalue weighted by Crippen LogP contribution is 2.29. The number of likely N-dealkylation sites (tertiary alicyclic amines) is 1. The molecule has 1 atom stereocenters. The standard InChI is InChI=1S/C15H15F3N6O3/c1-9(25)19-11-5-6-22(8-11)13(26)24-14(27)23(20-21-24)12-4-2-3-10(7-12)15(16,17)18/h2-4,7,11H,5-6,8H2,1H3,(H,19,25)/t11-/m1/s1. The Labute approximate surface area is 150 Å². The molecule has 0 spiro atoms. The Hall–Kier alpha value is -3.18. The van der Waals surface area contributed by atoms with Crippen LogP contribution in [0.2, 0.25) is 0 Å². The minimum absolute atomic E-state index is 0.161. The zero-order valence-electron chi connectivity index (χ0n) is 14.1. The first-order chi connectivity index (χ1) is 12.7. The highest BCUT2D eigenvalue weighted by Gasteiger charge is 2.32. The summed E-state index contributed by atoms with van der Waals surface area (Å²) in [5.74, 6) is -0.234. The van der Waals surface area contributed by atoms with Crippen molar-refractivity contribution in [3.05, 3.63) is 40.3 Å². The Kier molecular flexibility index (Phi) is 4.72. The van der Waals surface area contributed by atoms with E-state index < -0.39 is 23.5 Å². The van der Waals surface area contributed by atoms with Gasteiger partial charge in [-0.15, -0.1) is 4.68 Å². The first-order valence-corrected chi connectivity index (χ1v) is 7.96. The van der Waals surface area contributed by atoms with Crippen LogP contribution in [0.5, 0.6) is 0 Å². The lowest BCUT2D eigenvalue weighted by Gasteiger charge is -2.15. The van der Waals surface area contributed by atoms with Crippen molar-refractivity contribution in [1.82, 2.24) is 30.0 Å². The molecule has 2 aromatic rings. The van der Waals surface area contributed by atoms with E-state index in [-0.39, 0.29) is 24.2 Å². The van der Waals surface area contributed by atoms with Crippen molar-refractivity contribution in [2.45, 2.75) is 25.6 Å². The largest absolute Gasteiger partial charge is 0.416 e. The molecule has 12 heteroatoms. The third kappa shape index (κ3) is 3.83. The Morgan fingerprint density at radius 1 is 1.26 bits per heavy atom. The van der Waals surface area contributed by atoms with E-state index in [4.69, 9.17) is 0 Å². The molecule has 27 heavy (non-hydrogen) atoms. The predicted octanol–water partition coefficient (Wildman–Crippen LogP) is 0.626. The lowest BCUT2D eigenvalue weighted by atomic mass is 10.2. The Morgan fingerprint density at radius 3 is 2.67 bits per heavy atom. The van der Waals surface area contributed by atoms with E-state index in [1.54, 1.807) is 0 Å². The van der Waals surface area contributed by atoms with Crippen LogP contribution in [0, 0.1) is 0 Å². The summed E-state index contributed by atoms with van der Waals surface area (Å²) in [4.78, 5) is 37.2. The topological polar surface area (TPSA) is 102 Å². The molecule has 2 heterocycles. The third-order valence-corrected chi connectivity index (χ3v) is 4.05. The van der Waals surface area contributed by atoms with Gasteiger partial charge >= 0.3 is 17.9 Å². The van der Waals surface area contributed by atoms with Crippen LogP contribution in [0.4, 0.5) is 18.0 Å². The normalized spacial score (nSPS) is 17.2. The second kappa shape index (κ2) is 6.85. The molecule has 0 saturated carbocycles. The van der Waals surface area contributed by atoms with Crippen LogP contribution >= 0.6 is 0 Å². The van der Waals surface area contributed by atoms with Crippen LogP contribution < -0.4 is 11.0 Å². The minimum Gasteiger partial charge on any atom is -0.352 e. The Morgan fingerprint density at radius 2 is 2.00 bits per heavy atom. The number of carbonyl (C=O) groups excluding carboxylic acids is 2. The minimum atomic E-state index is -4.58. The average molecular weight is 384 g/mol. The van der Waals surface area contributed by atoms with Gasteiger partial charge in [0.2, 0.25) is 5.91 Å². The van der Waals surface area contributed by atoms with Crippen LogP contribution in [0.15, 0.2) is 29.1 Å². The molecule has 144 valence electrons. The monoisotopic (exact) mass is 384 g/mol. The summed E-state index contributed by atoms with van der Waals surface area (Å²) in [5.41, 5.74) is -2.10. The van der Waals surface area contributed by atoms with Crippen molar-refractivity contribution in [1.29, 1.82) is 0 Å². The van der Waals surface area contributed by atoms with Gasteiger partial charge in [0.15, 0.2) is 0 Å². The summed E-state index contributed by atoms with van der Waals surface area (Å²) < 4.78 is 39.6. The molecule has 1 saturated heterocycles. The second-order valence-electron chi connectivity index (χ2n) is 6.05. The molecule has 1 aliphatic rings. The van der Waals surface area contributed by atoms with Gasteiger partial charge in [-0.3, -0.25) is 4.79 Å². The summed E-state index contributed by atoms with van der Waals surface area (Å²) in [6, 6.07) is 2.99. The number of amides is 2. The number of carbonyl (C=O) groups is 2. The number of aromatic nitrogens is 4. The summed E-state index contributed by atoms with van der Waals surface area (Å²) in [5, 5.41) is 9.65. The van der Waals surface area contributed by atoms with E-state index in [0.29, 0.717) is 22.3 Å². The maximum Gasteiger partial charge on any atom is 0.416 e. The van der Waals surface area contributed by atoms with Crippen molar-refractivity contribution in [3.63, 3.8) is 0 Å². The van der Waals surface area contributed by atoms with E-state index in [0.717, 1.165) is 18.2 Å². The Bertz CT molecular complexity index is 935. The summed E-state index contributed by atoms with van der Waals surface area (Å²) >= 11 is 0. The van der Waals surface area contributed by atoms with E-state index in [1.807, 2.05) is 0 Å². The Balaban J connectivity index is 1.83. The van der Waals surface area contributed by atoms with Gasteiger partial charge < -0.3 is 10.2 Å². The molecule has 1 aliphatic heterocycles. The highest BCUT2D eigenvalue weighted by molar-refractivity contribution is 5.76. The van der Waals surface area contributed by atoms with E-state index in [1.165, 1.54) is 17.9 Å². The number of alkyl halides is 3. The van der Waals surface area contributed by atoms with Gasteiger partial charge in [0.25, 0.3) is 0 Å². The van der Waals surface area contributed by atoms with Crippen molar-refractivity contribution in [2.75, 3.05) is 13.1 Å². The fourth-order valence-corrected chi connectivity index (χ4v) is 2.82. The first kappa shape index (κ1) is 18.6. The summed E-state index contributed by atoms with van der Waals surface area (Å²) in [6.07, 6.45) is -4.07. The number of nitrogens with one attached hydrogen (secondary N) is 1. The van der Waals surface area contributed by atoms with Crippen molar-refractivity contribution < 1.29 is 22.8 Å². The SMILES string of the molecule is CC(=O)N[C@@H]1CCN(C(=O)n2nnn(-c3cccc(C(F)(F)F)c3)c2=O)C1. The van der Waals surface area contributed by atoms with Crippen LogP contribution in [0.25, 0.3) is 5.69 Å². The molecule has 1 aromatic carbocycles. The van der Waals surface area contributed by atoms with Crippen molar-refractivity contribution in [3.8, 4) is 5.69 Å². The van der Waals surface area contributed by atoms with Crippen molar-refractivity contribution in [2.24, 2.45) is 0 Å². The number of halogens is 3. The molecule has 2 amide bonds. The third-order valence-electron chi connectivity index (χ3n) is 4.05. The number of nitrogens with zero attached hydrogens (tertiary/aromatic N) is 5. The molecule has 0 unspecified atom stereocenters. The van der Waals surface area contributed by atoms with Gasteiger partial charge in [0, 0.05) is 26.1 Å². The zero-order valence-corrected chi connectivity index (χ0v) is 14.1. The van der Waals surface area contributed by atoms with Crippen LogP contribution in [-0.2, 0) is 11.0 Å². The summed E-state index contributed by atoms with van der Waals surface area (Å²) in [7, 11) is 0. The molecule has 3 rings (SSSR count). The number of tetrazole rings is 1. The molecule has 9 nitrogen and oxygen atoms in total. The van der Waals surface area contributed by atoms with Crippen LogP contribution in [0.3, 0.4) is 0 Å². The highest BCUT2D eigenvalue weighted by atomic mass is 19.4. The lowest BCUT2D eigenvalue weighted by Crippen LogP contribution is -2.42. The van der Waals surface area contributed by atoms with E-state index >= 15 is 0 Å². The first-order valence-electron chi connectivity index (χ1n) is 7.96. The van der Waals surface area contributed by atoms with E-state index in [2.05, 4.69) is 15.7 Å². The molecule has 1 N–H and O–H groups in total. The molecule has 0 bridgehead atoms. The van der Waals surface area contributed by atoms with Gasteiger partial charge in [0.1, 0.15) is 0 Å². The fraction of sp³-hybridized carbons (Fsp3) is 0.400. The summed E-state index contributed by atoms with van der Waals surface area (Å²) in [6.45, 7) is 1.85. The number of hydrogen-bond donors (Lipinski definition) is 1. The molecule has 1 fully saturated rings. The maximum absolute atomic E-state index is 12.8. The molecule has 0 radical (unpaired) electrons. The molecular formula is C15H15F3N6O3. The van der Waals surface area contributed by atoms with Crippen molar-refractivity contribution >= 4 is 11.9 Å². The maximum atomic E-state index is 12.8. The van der Waals surface area contributed by atoms with Gasteiger partial charge in [-0.1, -0.05) is 6.07 Å². The predicted molar refractivity (Wildman–Crippen MR) is 85.2 cm³/mol.